The van der Waals surface area contributed by atoms with Crippen LogP contribution in [0.1, 0.15) is 16.8 Å². The van der Waals surface area contributed by atoms with E-state index in [1.54, 1.807) is 0 Å². The molecule has 0 unspecified atom stereocenters. The summed E-state index contributed by atoms with van der Waals surface area (Å²) in [5.74, 6) is -0.148. The largest absolute Gasteiger partial charge is 0.352 e. The highest BCUT2D eigenvalue weighted by molar-refractivity contribution is 6.66. The van der Waals surface area contributed by atoms with Crippen LogP contribution in [-0.4, -0.2) is 36.1 Å². The third kappa shape index (κ3) is 3.43. The summed E-state index contributed by atoms with van der Waals surface area (Å²) in [4.78, 5) is 21.2. The molecular formula is C8H11BN3O2. The van der Waals surface area contributed by atoms with Gasteiger partial charge in [-0.25, -0.2) is 0 Å². The molecule has 14 heavy (non-hydrogen) atoms. The summed E-state index contributed by atoms with van der Waals surface area (Å²) >= 11 is 0. The number of rotatable bonds is 6. The van der Waals surface area contributed by atoms with Gasteiger partial charge in [-0.15, -0.1) is 0 Å². The van der Waals surface area contributed by atoms with Crippen LogP contribution in [0.15, 0.2) is 12.4 Å². The smallest absolute Gasteiger partial charge is 0.254 e. The van der Waals surface area contributed by atoms with E-state index in [-0.39, 0.29) is 5.91 Å². The fourth-order valence-electron chi connectivity index (χ4n) is 0.967. The van der Waals surface area contributed by atoms with Gasteiger partial charge in [0.25, 0.3) is 5.91 Å². The number of amides is 1. The van der Waals surface area contributed by atoms with Gasteiger partial charge >= 0.3 is 0 Å². The van der Waals surface area contributed by atoms with Gasteiger partial charge in [-0.2, -0.15) is 5.10 Å². The summed E-state index contributed by atoms with van der Waals surface area (Å²) in [5, 5.41) is 8.93. The van der Waals surface area contributed by atoms with E-state index in [0.717, 1.165) is 12.6 Å². The lowest BCUT2D eigenvalue weighted by atomic mass is 9.76. The number of carbonyl (C=O) groups excluding carboxylic acids is 2. The maximum Gasteiger partial charge on any atom is 0.254 e. The van der Waals surface area contributed by atoms with E-state index in [0.29, 0.717) is 18.4 Å². The highest BCUT2D eigenvalue weighted by atomic mass is 16.1. The number of nitrogens with one attached hydrogen (secondary N) is 2. The Labute approximate surface area is 82.5 Å². The highest BCUT2D eigenvalue weighted by Crippen LogP contribution is 1.93. The summed E-state index contributed by atoms with van der Waals surface area (Å²) in [7, 11) is 1.53. The van der Waals surface area contributed by atoms with Crippen LogP contribution >= 0.6 is 0 Å². The molecule has 0 aliphatic heterocycles. The molecule has 0 saturated carbocycles. The van der Waals surface area contributed by atoms with Crippen LogP contribution in [0.3, 0.4) is 0 Å². The van der Waals surface area contributed by atoms with Crippen LogP contribution in [0.4, 0.5) is 0 Å². The lowest BCUT2D eigenvalue weighted by Gasteiger charge is -2.00. The molecule has 0 aromatic carbocycles. The van der Waals surface area contributed by atoms with E-state index in [1.807, 2.05) is 0 Å². The molecule has 73 valence electrons. The molecule has 5 nitrogen and oxygen atoms in total. The van der Waals surface area contributed by atoms with Crippen molar-refractivity contribution in [3.05, 3.63) is 18.0 Å². The zero-order valence-corrected chi connectivity index (χ0v) is 7.69. The molecule has 1 aromatic heterocycles. The van der Waals surface area contributed by atoms with Crippen LogP contribution in [0.5, 0.6) is 0 Å². The molecule has 0 aliphatic rings. The summed E-state index contributed by atoms with van der Waals surface area (Å²) in [6.45, 7) is 0.564. The zero-order valence-electron chi connectivity index (χ0n) is 7.69. The maximum absolute atomic E-state index is 11.3. The number of carbonyl (C=O) groups is 2. The van der Waals surface area contributed by atoms with Crippen LogP contribution in [0, 0.1) is 0 Å². The summed E-state index contributed by atoms with van der Waals surface area (Å²) in [6.07, 6.45) is 5.22. The molecule has 0 spiro atoms. The van der Waals surface area contributed by atoms with E-state index in [2.05, 4.69) is 15.5 Å². The van der Waals surface area contributed by atoms with E-state index in [4.69, 9.17) is 0 Å². The van der Waals surface area contributed by atoms with Crippen LogP contribution in [0.25, 0.3) is 0 Å². The highest BCUT2D eigenvalue weighted by Gasteiger charge is 2.04. The summed E-state index contributed by atoms with van der Waals surface area (Å²) < 4.78 is 0. The average Bonchev–Trinajstić information content (AvgIpc) is 2.70. The SMILES string of the molecule is O=C[B]CCCNC(=O)c1cn[nH]c1. The topological polar surface area (TPSA) is 74.8 Å². The number of aromatic amines is 1. The lowest BCUT2D eigenvalue weighted by molar-refractivity contribution is 0.0954. The van der Waals surface area contributed by atoms with Crippen molar-refractivity contribution in [2.45, 2.75) is 12.7 Å². The first-order valence-corrected chi connectivity index (χ1v) is 4.38. The third-order valence-corrected chi connectivity index (χ3v) is 1.69. The van der Waals surface area contributed by atoms with Gasteiger partial charge in [0, 0.05) is 12.7 Å². The Morgan fingerprint density at radius 1 is 1.71 bits per heavy atom. The van der Waals surface area contributed by atoms with E-state index < -0.39 is 0 Å². The molecule has 1 heterocycles. The summed E-state index contributed by atoms with van der Waals surface area (Å²) in [5.41, 5.74) is 0.518. The van der Waals surface area contributed by atoms with Gasteiger partial charge in [0.2, 0.25) is 0 Å². The Morgan fingerprint density at radius 3 is 3.21 bits per heavy atom. The van der Waals surface area contributed by atoms with Gasteiger partial charge in [0.05, 0.1) is 17.9 Å². The normalized spacial score (nSPS) is 9.43. The number of H-pyrrole nitrogens is 1. The van der Waals surface area contributed by atoms with Gasteiger partial charge in [0.1, 0.15) is 0 Å². The number of aromatic nitrogens is 2. The zero-order chi connectivity index (χ0) is 10.2. The van der Waals surface area contributed by atoms with Gasteiger partial charge in [0.15, 0.2) is 7.28 Å². The first-order valence-electron chi connectivity index (χ1n) is 4.38. The van der Waals surface area contributed by atoms with E-state index in [1.165, 1.54) is 19.7 Å². The minimum atomic E-state index is -0.148. The van der Waals surface area contributed by atoms with Crippen molar-refractivity contribution in [3.8, 4) is 0 Å². The maximum atomic E-state index is 11.3. The third-order valence-electron chi connectivity index (χ3n) is 1.69. The fraction of sp³-hybridized carbons (Fsp3) is 0.375. The van der Waals surface area contributed by atoms with Crippen molar-refractivity contribution in [3.63, 3.8) is 0 Å². The minimum absolute atomic E-state index is 0.148. The molecule has 1 radical (unpaired) electrons. The quantitative estimate of drug-likeness (QED) is 0.373. The van der Waals surface area contributed by atoms with Gasteiger partial charge in [-0.1, -0.05) is 6.32 Å². The van der Waals surface area contributed by atoms with E-state index >= 15 is 0 Å². The molecule has 1 amide bonds. The number of hydrogen-bond acceptors (Lipinski definition) is 3. The van der Waals surface area contributed by atoms with Crippen LogP contribution in [-0.2, 0) is 4.79 Å². The van der Waals surface area contributed by atoms with Crippen LogP contribution < -0.4 is 5.32 Å². The Morgan fingerprint density at radius 2 is 2.57 bits per heavy atom. The minimum Gasteiger partial charge on any atom is -0.352 e. The van der Waals surface area contributed by atoms with Crippen molar-refractivity contribution < 1.29 is 9.59 Å². The Bertz CT molecular complexity index is 287. The number of nitrogens with zero attached hydrogens (tertiary/aromatic N) is 1. The standard InChI is InChI=1S/C8H11BN3O2/c13-6-9-2-1-3-10-8(14)7-4-11-12-5-7/h4-6H,1-3H2,(H,10,14)(H,11,12). The van der Waals surface area contributed by atoms with Gasteiger partial charge < -0.3 is 10.1 Å². The lowest BCUT2D eigenvalue weighted by Crippen LogP contribution is -2.24. The van der Waals surface area contributed by atoms with Crippen molar-refractivity contribution in [2.24, 2.45) is 0 Å². The molecule has 6 heteroatoms. The molecule has 0 aliphatic carbocycles. The van der Waals surface area contributed by atoms with Crippen molar-refractivity contribution in [1.82, 2.24) is 15.5 Å². The monoisotopic (exact) mass is 192 g/mol. The molecule has 2 N–H and O–H groups in total. The predicted octanol–water partition coefficient (Wildman–Crippen LogP) is -0.158. The molecule has 0 atom stereocenters. The first kappa shape index (κ1) is 10.5. The molecular weight excluding hydrogens is 181 g/mol. The van der Waals surface area contributed by atoms with Crippen molar-refractivity contribution in [1.29, 1.82) is 0 Å². The number of hydrogen-bond donors (Lipinski definition) is 2. The first-order chi connectivity index (χ1) is 6.84. The summed E-state index contributed by atoms with van der Waals surface area (Å²) in [6, 6.07) is 0. The van der Waals surface area contributed by atoms with Gasteiger partial charge in [-0.3, -0.25) is 9.89 Å². The van der Waals surface area contributed by atoms with Crippen LogP contribution in [0.2, 0.25) is 6.32 Å². The Kier molecular flexibility index (Phi) is 4.47. The van der Waals surface area contributed by atoms with E-state index in [9.17, 15) is 9.59 Å². The molecule has 1 rings (SSSR count). The second-order valence-electron chi connectivity index (χ2n) is 2.76. The van der Waals surface area contributed by atoms with Crippen molar-refractivity contribution >= 4 is 19.4 Å². The fourth-order valence-corrected chi connectivity index (χ4v) is 0.967. The molecule has 0 fully saturated rings. The molecule has 0 bridgehead atoms. The second-order valence-corrected chi connectivity index (χ2v) is 2.76. The average molecular weight is 192 g/mol. The van der Waals surface area contributed by atoms with Gasteiger partial charge in [-0.05, 0) is 6.42 Å². The van der Waals surface area contributed by atoms with Crippen molar-refractivity contribution in [2.75, 3.05) is 6.54 Å². The molecule has 1 aromatic rings. The molecule has 0 saturated heterocycles. The predicted molar refractivity (Wildman–Crippen MR) is 52.8 cm³/mol. The second kappa shape index (κ2) is 5.96. The Hall–Kier alpha value is -1.59. The Balaban J connectivity index is 2.13.